The van der Waals surface area contributed by atoms with E-state index < -0.39 is 6.10 Å². The average Bonchev–Trinajstić information content (AvgIpc) is 3.24. The number of carbonyl (C=O) groups is 3. The molecule has 0 aliphatic heterocycles. The Labute approximate surface area is 189 Å². The fourth-order valence-corrected chi connectivity index (χ4v) is 2.69. The summed E-state index contributed by atoms with van der Waals surface area (Å²) >= 11 is 0. The van der Waals surface area contributed by atoms with Crippen LogP contribution in [-0.2, 0) is 46.3 Å². The third kappa shape index (κ3) is 13.2. The SMILES string of the molecule is CCCOCCOCCOC(=O)CCc1cn(CC(CCC(=O)CC)OC(=O)CC)nn1. The Morgan fingerprint density at radius 1 is 0.938 bits per heavy atom. The van der Waals surface area contributed by atoms with Gasteiger partial charge in [0, 0.05) is 38.5 Å². The molecule has 0 aliphatic carbocycles. The van der Waals surface area contributed by atoms with E-state index in [1.54, 1.807) is 24.7 Å². The lowest BCUT2D eigenvalue weighted by atomic mass is 10.1. The molecule has 1 heterocycles. The number of aryl methyl sites for hydroxylation is 1. The second-order valence-electron chi connectivity index (χ2n) is 7.27. The number of carbonyl (C=O) groups excluding carboxylic acids is 3. The molecule has 0 saturated carbocycles. The third-order valence-electron chi connectivity index (χ3n) is 4.50. The van der Waals surface area contributed by atoms with E-state index in [2.05, 4.69) is 10.3 Å². The van der Waals surface area contributed by atoms with Gasteiger partial charge in [-0.3, -0.25) is 14.4 Å². The topological polar surface area (TPSA) is 119 Å². The summed E-state index contributed by atoms with van der Waals surface area (Å²) in [6, 6.07) is 0. The fraction of sp³-hybridized carbons (Fsp3) is 0.773. The van der Waals surface area contributed by atoms with Gasteiger partial charge in [0.1, 0.15) is 18.5 Å². The summed E-state index contributed by atoms with van der Waals surface area (Å²) in [5.41, 5.74) is 0.636. The molecule has 0 spiro atoms. The Balaban J connectivity index is 2.32. The number of esters is 2. The van der Waals surface area contributed by atoms with Crippen LogP contribution in [0.15, 0.2) is 6.20 Å². The van der Waals surface area contributed by atoms with Gasteiger partial charge < -0.3 is 18.9 Å². The number of hydrogen-bond donors (Lipinski definition) is 0. The van der Waals surface area contributed by atoms with Gasteiger partial charge in [0.25, 0.3) is 0 Å². The van der Waals surface area contributed by atoms with E-state index in [0.717, 1.165) is 6.42 Å². The van der Waals surface area contributed by atoms with Crippen LogP contribution in [0.25, 0.3) is 0 Å². The van der Waals surface area contributed by atoms with Crippen molar-refractivity contribution in [2.75, 3.05) is 33.0 Å². The zero-order valence-electron chi connectivity index (χ0n) is 19.5. The second-order valence-corrected chi connectivity index (χ2v) is 7.27. The summed E-state index contributed by atoms with van der Waals surface area (Å²) in [6.45, 7) is 8.12. The zero-order chi connectivity index (χ0) is 23.6. The third-order valence-corrected chi connectivity index (χ3v) is 4.50. The molecular weight excluding hydrogens is 418 g/mol. The summed E-state index contributed by atoms with van der Waals surface area (Å²) in [4.78, 5) is 35.1. The molecule has 1 unspecified atom stereocenters. The van der Waals surface area contributed by atoms with Crippen LogP contribution in [0.1, 0.15) is 65.0 Å². The van der Waals surface area contributed by atoms with Crippen molar-refractivity contribution in [2.45, 2.75) is 78.4 Å². The van der Waals surface area contributed by atoms with Crippen molar-refractivity contribution in [3.05, 3.63) is 11.9 Å². The Bertz CT molecular complexity index is 678. The molecule has 1 rings (SSSR count). The highest BCUT2D eigenvalue weighted by molar-refractivity contribution is 5.78. The Morgan fingerprint density at radius 3 is 2.34 bits per heavy atom. The maximum Gasteiger partial charge on any atom is 0.306 e. The second kappa shape index (κ2) is 17.3. The van der Waals surface area contributed by atoms with Gasteiger partial charge in [-0.05, 0) is 12.8 Å². The number of hydrogen-bond acceptors (Lipinski definition) is 9. The number of Topliss-reactive ketones (excluding diaryl/α,β-unsaturated/α-hetero) is 1. The van der Waals surface area contributed by atoms with Crippen molar-refractivity contribution >= 4 is 17.7 Å². The van der Waals surface area contributed by atoms with Crippen molar-refractivity contribution in [3.8, 4) is 0 Å². The number of ketones is 1. The van der Waals surface area contributed by atoms with Gasteiger partial charge in [-0.1, -0.05) is 26.0 Å². The van der Waals surface area contributed by atoms with Crippen molar-refractivity contribution in [1.82, 2.24) is 15.0 Å². The minimum Gasteiger partial charge on any atom is -0.463 e. The molecule has 1 atom stereocenters. The highest BCUT2D eigenvalue weighted by Crippen LogP contribution is 2.10. The van der Waals surface area contributed by atoms with E-state index in [4.69, 9.17) is 18.9 Å². The van der Waals surface area contributed by atoms with Gasteiger partial charge in [-0.2, -0.15) is 0 Å². The van der Waals surface area contributed by atoms with Gasteiger partial charge >= 0.3 is 11.9 Å². The number of aromatic nitrogens is 3. The molecular formula is C22H37N3O7. The van der Waals surface area contributed by atoms with Crippen molar-refractivity contribution in [2.24, 2.45) is 0 Å². The molecule has 0 bridgehead atoms. The monoisotopic (exact) mass is 455 g/mol. The molecule has 182 valence electrons. The predicted octanol–water partition coefficient (Wildman–Crippen LogP) is 2.28. The Morgan fingerprint density at radius 2 is 1.66 bits per heavy atom. The molecule has 1 aromatic heterocycles. The maximum atomic E-state index is 11.9. The molecule has 10 heteroatoms. The van der Waals surface area contributed by atoms with E-state index in [-0.39, 0.29) is 37.2 Å². The van der Waals surface area contributed by atoms with Crippen LogP contribution in [0.2, 0.25) is 0 Å². The lowest BCUT2D eigenvalue weighted by Crippen LogP contribution is -2.24. The first-order valence-corrected chi connectivity index (χ1v) is 11.4. The fourth-order valence-electron chi connectivity index (χ4n) is 2.69. The van der Waals surface area contributed by atoms with E-state index in [0.29, 0.717) is 64.3 Å². The van der Waals surface area contributed by atoms with Crippen molar-refractivity contribution in [3.63, 3.8) is 0 Å². The van der Waals surface area contributed by atoms with E-state index in [1.165, 1.54) is 0 Å². The van der Waals surface area contributed by atoms with Gasteiger partial charge in [0.15, 0.2) is 0 Å². The van der Waals surface area contributed by atoms with Gasteiger partial charge in [0.05, 0.1) is 38.5 Å². The molecule has 32 heavy (non-hydrogen) atoms. The first-order chi connectivity index (χ1) is 15.5. The molecule has 10 nitrogen and oxygen atoms in total. The Hall–Kier alpha value is -2.33. The van der Waals surface area contributed by atoms with Gasteiger partial charge in [-0.15, -0.1) is 5.10 Å². The highest BCUT2D eigenvalue weighted by atomic mass is 16.6. The minimum atomic E-state index is -0.454. The van der Waals surface area contributed by atoms with Crippen LogP contribution in [0.4, 0.5) is 0 Å². The van der Waals surface area contributed by atoms with Crippen molar-refractivity contribution < 1.29 is 33.3 Å². The molecule has 0 N–H and O–H groups in total. The molecule has 0 aromatic carbocycles. The van der Waals surface area contributed by atoms with Gasteiger partial charge in [-0.25, -0.2) is 4.68 Å². The average molecular weight is 456 g/mol. The normalized spacial score (nSPS) is 11.8. The highest BCUT2D eigenvalue weighted by Gasteiger charge is 2.17. The minimum absolute atomic E-state index is 0.121. The molecule has 0 fully saturated rings. The summed E-state index contributed by atoms with van der Waals surface area (Å²) in [6.07, 6.45) is 4.30. The predicted molar refractivity (Wildman–Crippen MR) is 116 cm³/mol. The summed E-state index contributed by atoms with van der Waals surface area (Å²) in [5.74, 6) is -0.534. The largest absolute Gasteiger partial charge is 0.463 e. The lowest BCUT2D eigenvalue weighted by molar-refractivity contribution is -0.150. The van der Waals surface area contributed by atoms with E-state index in [1.807, 2.05) is 6.92 Å². The van der Waals surface area contributed by atoms with E-state index >= 15 is 0 Å². The summed E-state index contributed by atoms with van der Waals surface area (Å²) < 4.78 is 22.7. The molecule has 0 radical (unpaired) electrons. The molecule has 0 amide bonds. The zero-order valence-corrected chi connectivity index (χ0v) is 19.5. The summed E-state index contributed by atoms with van der Waals surface area (Å²) in [7, 11) is 0. The van der Waals surface area contributed by atoms with Crippen LogP contribution < -0.4 is 0 Å². The summed E-state index contributed by atoms with van der Waals surface area (Å²) in [5, 5.41) is 8.09. The van der Waals surface area contributed by atoms with Crippen LogP contribution in [0.3, 0.4) is 0 Å². The van der Waals surface area contributed by atoms with Gasteiger partial charge in [0.2, 0.25) is 0 Å². The first-order valence-electron chi connectivity index (χ1n) is 11.4. The molecule has 1 aromatic rings. The van der Waals surface area contributed by atoms with Crippen LogP contribution in [0.5, 0.6) is 0 Å². The van der Waals surface area contributed by atoms with E-state index in [9.17, 15) is 14.4 Å². The number of rotatable bonds is 19. The molecule has 0 saturated heterocycles. The van der Waals surface area contributed by atoms with Crippen LogP contribution >= 0.6 is 0 Å². The van der Waals surface area contributed by atoms with Crippen molar-refractivity contribution in [1.29, 1.82) is 0 Å². The van der Waals surface area contributed by atoms with Crippen LogP contribution in [-0.4, -0.2) is 71.9 Å². The standard InChI is InChI=1S/C22H37N3O7/c1-4-11-29-12-13-30-14-15-31-22(28)10-7-18-16-25(24-23-18)17-20(32-21(27)6-3)9-8-19(26)5-2/h16,20H,4-15,17H2,1-3H3. The number of nitrogens with zero attached hydrogens (tertiary/aromatic N) is 3. The smallest absolute Gasteiger partial charge is 0.306 e. The quantitative estimate of drug-likeness (QED) is 0.228. The first kappa shape index (κ1) is 27.7. The lowest BCUT2D eigenvalue weighted by Gasteiger charge is -2.17. The Kier molecular flexibility index (Phi) is 14.9. The molecule has 0 aliphatic rings. The van der Waals surface area contributed by atoms with Crippen LogP contribution in [0, 0.1) is 0 Å². The number of ether oxygens (including phenoxy) is 4. The maximum absolute atomic E-state index is 11.9.